The van der Waals surface area contributed by atoms with Gasteiger partial charge in [-0.2, -0.15) is 0 Å². The summed E-state index contributed by atoms with van der Waals surface area (Å²) in [6.45, 7) is 12.1. The summed E-state index contributed by atoms with van der Waals surface area (Å²) in [5.41, 5.74) is 0.470. The maximum atomic E-state index is 7.82. The van der Waals surface area contributed by atoms with Gasteiger partial charge in [-0.3, -0.25) is 0 Å². The molecule has 0 aromatic carbocycles. The van der Waals surface area contributed by atoms with Crippen LogP contribution in [0.25, 0.3) is 0 Å². The van der Waals surface area contributed by atoms with E-state index in [1.54, 1.807) is 0 Å². The summed E-state index contributed by atoms with van der Waals surface area (Å²) in [4.78, 5) is 0. The summed E-state index contributed by atoms with van der Waals surface area (Å²) in [7, 11) is 0. The van der Waals surface area contributed by atoms with E-state index in [1.807, 2.05) is 27.7 Å². The molecule has 5 aliphatic carbocycles. The van der Waals surface area contributed by atoms with Crippen molar-refractivity contribution >= 4 is 0 Å². The summed E-state index contributed by atoms with van der Waals surface area (Å²) in [5, 5.41) is 0. The normalized spacial score (nSPS) is 35.2. The molecule has 0 heterocycles. The van der Waals surface area contributed by atoms with Crippen molar-refractivity contribution in [3.63, 3.8) is 0 Å². The van der Waals surface area contributed by atoms with Crippen molar-refractivity contribution in [3.8, 4) is 0 Å². The van der Waals surface area contributed by atoms with Crippen molar-refractivity contribution in [1.82, 2.24) is 0 Å². The lowest BCUT2D eigenvalue weighted by Gasteiger charge is -2.64. The van der Waals surface area contributed by atoms with Crippen LogP contribution < -0.4 is 0 Å². The summed E-state index contributed by atoms with van der Waals surface area (Å²) in [5.74, 6) is 1.99. The van der Waals surface area contributed by atoms with Crippen LogP contribution in [0.2, 0.25) is 0 Å². The van der Waals surface area contributed by atoms with Crippen LogP contribution in [0.3, 0.4) is 0 Å². The molecule has 5 rings (SSSR count). The third-order valence-electron chi connectivity index (χ3n) is 6.41. The standard InChI is InChI=1S/C8H14.C7H14.C6H12.CH4/c1-6(2)8-3-7(4-8)5-8;1-6(2)7-4-3-5-7;1-5(2)6-3-4-6;/h6-7H,3-5H2,1-2H3;6-7H,3-5H2,1-2H3;5-6H,3-4H2,1-2H3;1H4/i2*6D;5D;. The molecule has 22 heavy (non-hydrogen) atoms. The fourth-order valence-corrected chi connectivity index (χ4v) is 3.74. The Kier molecular flexibility index (Phi) is 5.79. The second-order valence-corrected chi connectivity index (χ2v) is 8.82. The minimum atomic E-state index is -0.155. The highest BCUT2D eigenvalue weighted by molar-refractivity contribution is 5.07. The van der Waals surface area contributed by atoms with Gasteiger partial charge in [-0.25, -0.2) is 0 Å². The number of rotatable bonds is 3. The van der Waals surface area contributed by atoms with Crippen molar-refractivity contribution in [2.45, 2.75) is 100 Å². The van der Waals surface area contributed by atoms with Gasteiger partial charge in [0.25, 0.3) is 0 Å². The lowest BCUT2D eigenvalue weighted by molar-refractivity contribution is -0.141. The molecular weight excluding hydrogens is 264 g/mol. The van der Waals surface area contributed by atoms with E-state index in [0.717, 1.165) is 5.92 Å². The Labute approximate surface area is 146 Å². The molecule has 0 radical (unpaired) electrons. The Morgan fingerprint density at radius 1 is 0.773 bits per heavy atom. The number of hydrogen-bond acceptors (Lipinski definition) is 0. The molecule has 2 bridgehead atoms. The van der Waals surface area contributed by atoms with E-state index in [-0.39, 0.29) is 25.1 Å². The summed E-state index contributed by atoms with van der Waals surface area (Å²) < 4.78 is 22.9. The summed E-state index contributed by atoms with van der Waals surface area (Å²) in [6, 6.07) is 0. The third-order valence-corrected chi connectivity index (χ3v) is 6.41. The first kappa shape index (κ1) is 15.5. The quantitative estimate of drug-likeness (QED) is 0.504. The topological polar surface area (TPSA) is 0 Å². The average molecular weight is 312 g/mol. The fourth-order valence-electron chi connectivity index (χ4n) is 3.74. The average Bonchev–Trinajstić information content (AvgIpc) is 2.82. The fraction of sp³-hybridized carbons (Fsp3) is 1.00. The van der Waals surface area contributed by atoms with Gasteiger partial charge in [-0.15, -0.1) is 0 Å². The van der Waals surface area contributed by atoms with Crippen molar-refractivity contribution in [2.24, 2.45) is 40.9 Å². The van der Waals surface area contributed by atoms with E-state index in [4.69, 9.17) is 4.11 Å². The Bertz CT molecular complexity index is 397. The maximum Gasteiger partial charge on any atom is 0.0303 e. The van der Waals surface area contributed by atoms with Crippen LogP contribution >= 0.6 is 0 Å². The molecule has 132 valence electrons. The minimum absolute atomic E-state index is 0. The maximum absolute atomic E-state index is 7.82. The van der Waals surface area contributed by atoms with Crippen LogP contribution in [0.4, 0.5) is 0 Å². The predicted molar refractivity (Wildman–Crippen MR) is 101 cm³/mol. The first-order chi connectivity index (χ1) is 10.7. The van der Waals surface area contributed by atoms with Gasteiger partial charge in [0.2, 0.25) is 0 Å². The van der Waals surface area contributed by atoms with Gasteiger partial charge in [0.15, 0.2) is 0 Å². The van der Waals surface area contributed by atoms with Crippen LogP contribution in [0.15, 0.2) is 0 Å². The van der Waals surface area contributed by atoms with E-state index >= 15 is 0 Å². The lowest BCUT2D eigenvalue weighted by atomic mass is 9.41. The van der Waals surface area contributed by atoms with Crippen LogP contribution in [-0.2, 0) is 0 Å². The molecule has 0 saturated heterocycles. The molecule has 0 aromatic rings. The van der Waals surface area contributed by atoms with E-state index in [1.165, 1.54) is 51.4 Å². The zero-order chi connectivity index (χ0) is 18.4. The molecule has 5 saturated carbocycles. The van der Waals surface area contributed by atoms with Gasteiger partial charge in [0.1, 0.15) is 0 Å². The molecule has 0 unspecified atom stereocenters. The van der Waals surface area contributed by atoms with E-state index < -0.39 is 0 Å². The molecule has 0 heteroatoms. The highest BCUT2D eigenvalue weighted by Gasteiger charge is 2.57. The molecule has 0 N–H and O–H groups in total. The first-order valence-corrected chi connectivity index (χ1v) is 9.25. The van der Waals surface area contributed by atoms with Crippen LogP contribution in [-0.4, -0.2) is 0 Å². The Morgan fingerprint density at radius 3 is 1.18 bits per heavy atom. The first-order valence-electron chi connectivity index (χ1n) is 10.7. The molecule has 0 spiro atoms. The van der Waals surface area contributed by atoms with E-state index in [9.17, 15) is 0 Å². The monoisotopic (exact) mass is 311 g/mol. The van der Waals surface area contributed by atoms with Gasteiger partial charge in [-0.1, -0.05) is 68.2 Å². The van der Waals surface area contributed by atoms with E-state index in [2.05, 4.69) is 13.8 Å². The van der Waals surface area contributed by atoms with Crippen molar-refractivity contribution in [3.05, 3.63) is 0 Å². The highest BCUT2D eigenvalue weighted by Crippen LogP contribution is 2.67. The Balaban J connectivity index is 0.000000186. The minimum Gasteiger partial charge on any atom is -0.0776 e. The number of hydrogen-bond donors (Lipinski definition) is 0. The SMILES string of the molecule is C.[2H]C(C)(C)C12CC(C1)C2.[2H]C(C)(C)C1CC1.[2H]C(C)(C)C1CCC1. The van der Waals surface area contributed by atoms with Crippen molar-refractivity contribution in [1.29, 1.82) is 0 Å². The molecule has 0 nitrogen and oxygen atoms in total. The zero-order valence-electron chi connectivity index (χ0n) is 18.4. The molecular formula is C22H44. The van der Waals surface area contributed by atoms with Crippen LogP contribution in [0.5, 0.6) is 0 Å². The molecule has 0 atom stereocenters. The van der Waals surface area contributed by atoms with Crippen molar-refractivity contribution in [2.75, 3.05) is 0 Å². The van der Waals surface area contributed by atoms with Gasteiger partial charge >= 0.3 is 0 Å². The molecule has 0 amide bonds. The van der Waals surface area contributed by atoms with Gasteiger partial charge in [-0.05, 0) is 73.0 Å². The second kappa shape index (κ2) is 8.20. The zero-order valence-corrected chi connectivity index (χ0v) is 15.4. The van der Waals surface area contributed by atoms with Crippen molar-refractivity contribution < 1.29 is 4.11 Å². The Morgan fingerprint density at radius 2 is 1.18 bits per heavy atom. The van der Waals surface area contributed by atoms with Crippen LogP contribution in [0.1, 0.15) is 104 Å². The molecule has 0 aromatic heterocycles. The van der Waals surface area contributed by atoms with Gasteiger partial charge in [0.05, 0.1) is 0 Å². The molecule has 5 fully saturated rings. The largest absolute Gasteiger partial charge is 0.0776 e. The summed E-state index contributed by atoms with van der Waals surface area (Å²) >= 11 is 0. The summed E-state index contributed by atoms with van der Waals surface area (Å²) in [6.07, 6.45) is 10.6. The van der Waals surface area contributed by atoms with E-state index in [0.29, 0.717) is 17.3 Å². The Hall–Kier alpha value is 0. The van der Waals surface area contributed by atoms with Crippen LogP contribution in [0, 0.1) is 40.9 Å². The molecule has 0 aliphatic heterocycles. The van der Waals surface area contributed by atoms with Gasteiger partial charge in [0, 0.05) is 4.11 Å². The molecule has 5 aliphatic rings. The predicted octanol–water partition coefficient (Wildman–Crippen LogP) is 7.57. The smallest absolute Gasteiger partial charge is 0.0303 e. The third kappa shape index (κ3) is 5.00. The second-order valence-electron chi connectivity index (χ2n) is 8.82. The van der Waals surface area contributed by atoms with Gasteiger partial charge < -0.3 is 0 Å². The lowest BCUT2D eigenvalue weighted by Crippen LogP contribution is -2.54. The highest BCUT2D eigenvalue weighted by atomic mass is 14.6.